The second-order valence-corrected chi connectivity index (χ2v) is 15.7. The fraction of sp³-hybridized carbons (Fsp3) is 0.0769. The largest absolute Gasteiger partial charge is 0.354 e. The maximum absolute atomic E-state index is 4.07. The first-order valence-corrected chi connectivity index (χ1v) is 19.5. The van der Waals surface area contributed by atoms with E-state index < -0.39 is 0 Å². The average molecular weight is 717 g/mol. The SMILES string of the molecule is Cc1ccccc1Nc1c(-c2cc(N(c3ccccc3)c3ccccc3)cc3c2[B]c2cccc4c5ccccc5n-3c24)ccc2c1-c1ccccc1C2(C)C. The van der Waals surface area contributed by atoms with Gasteiger partial charge in [0.2, 0.25) is 0 Å². The van der Waals surface area contributed by atoms with Gasteiger partial charge in [-0.1, -0.05) is 147 Å². The van der Waals surface area contributed by atoms with Gasteiger partial charge in [-0.15, -0.1) is 0 Å². The van der Waals surface area contributed by atoms with Gasteiger partial charge in [0.05, 0.1) is 11.2 Å². The molecule has 1 aliphatic heterocycles. The van der Waals surface area contributed by atoms with E-state index in [-0.39, 0.29) is 5.41 Å². The number of nitrogens with one attached hydrogen (secondary N) is 1. The maximum atomic E-state index is 4.07. The van der Waals surface area contributed by atoms with Crippen LogP contribution in [0, 0.1) is 6.92 Å². The molecule has 3 nitrogen and oxygen atoms in total. The molecule has 0 fully saturated rings. The molecule has 8 aromatic carbocycles. The Bertz CT molecular complexity index is 2970. The third-order valence-corrected chi connectivity index (χ3v) is 12.1. The first-order valence-electron chi connectivity index (χ1n) is 19.5. The van der Waals surface area contributed by atoms with Gasteiger partial charge in [0.1, 0.15) is 0 Å². The first kappa shape index (κ1) is 32.6. The van der Waals surface area contributed by atoms with Gasteiger partial charge in [0, 0.05) is 61.3 Å². The molecule has 1 aromatic heterocycles. The van der Waals surface area contributed by atoms with Crippen LogP contribution >= 0.6 is 0 Å². The molecule has 1 N–H and O–H groups in total. The average Bonchev–Trinajstić information content (AvgIpc) is 3.70. The predicted molar refractivity (Wildman–Crippen MR) is 238 cm³/mol. The summed E-state index contributed by atoms with van der Waals surface area (Å²) in [6.07, 6.45) is 0. The third kappa shape index (κ3) is 4.78. The molecule has 1 radical (unpaired) electrons. The number of aryl methyl sites for hydroxylation is 1. The van der Waals surface area contributed by atoms with Crippen LogP contribution in [0.15, 0.2) is 176 Å². The minimum absolute atomic E-state index is 0.147. The quantitative estimate of drug-likeness (QED) is 0.173. The van der Waals surface area contributed by atoms with Gasteiger partial charge in [0.15, 0.2) is 7.28 Å². The molecule has 0 bridgehead atoms. The second-order valence-electron chi connectivity index (χ2n) is 15.7. The van der Waals surface area contributed by atoms with E-state index in [2.05, 4.69) is 219 Å². The molecule has 1 aliphatic carbocycles. The highest BCUT2D eigenvalue weighted by Crippen LogP contribution is 2.54. The summed E-state index contributed by atoms with van der Waals surface area (Å²) in [7, 11) is 2.42. The monoisotopic (exact) mass is 716 g/mol. The lowest BCUT2D eigenvalue weighted by atomic mass is 9.59. The molecule has 2 aliphatic rings. The molecular formula is C52H39BN3. The molecule has 2 heterocycles. The molecule has 0 unspecified atom stereocenters. The van der Waals surface area contributed by atoms with Crippen LogP contribution in [0.2, 0.25) is 0 Å². The molecule has 0 atom stereocenters. The van der Waals surface area contributed by atoms with Crippen molar-refractivity contribution in [1.29, 1.82) is 0 Å². The Balaban J connectivity index is 1.27. The van der Waals surface area contributed by atoms with Gasteiger partial charge < -0.3 is 14.8 Å². The van der Waals surface area contributed by atoms with Crippen molar-refractivity contribution in [1.82, 2.24) is 4.57 Å². The lowest BCUT2D eigenvalue weighted by Crippen LogP contribution is -2.37. The minimum Gasteiger partial charge on any atom is -0.354 e. The van der Waals surface area contributed by atoms with E-state index in [4.69, 9.17) is 0 Å². The van der Waals surface area contributed by atoms with Crippen LogP contribution < -0.4 is 21.1 Å². The highest BCUT2D eigenvalue weighted by molar-refractivity contribution is 6.73. The Morgan fingerprint density at radius 3 is 2.02 bits per heavy atom. The molecule has 4 heteroatoms. The van der Waals surface area contributed by atoms with E-state index in [1.54, 1.807) is 0 Å². The fourth-order valence-corrected chi connectivity index (χ4v) is 9.48. The lowest BCUT2D eigenvalue weighted by molar-refractivity contribution is 0.660. The van der Waals surface area contributed by atoms with Crippen LogP contribution in [0.25, 0.3) is 49.7 Å². The molecule has 0 saturated carbocycles. The summed E-state index contributed by atoms with van der Waals surface area (Å²) in [5, 5.41) is 6.60. The zero-order valence-electron chi connectivity index (χ0n) is 31.7. The van der Waals surface area contributed by atoms with Crippen molar-refractivity contribution in [2.45, 2.75) is 26.2 Å². The number of anilines is 5. The van der Waals surface area contributed by atoms with Crippen molar-refractivity contribution in [3.8, 4) is 27.9 Å². The molecule has 0 saturated heterocycles. The normalized spacial score (nSPS) is 13.2. The Hall–Kier alpha value is -6.78. The second kappa shape index (κ2) is 12.4. The van der Waals surface area contributed by atoms with Gasteiger partial charge in [-0.2, -0.15) is 0 Å². The van der Waals surface area contributed by atoms with E-state index in [0.717, 1.165) is 28.4 Å². The maximum Gasteiger partial charge on any atom is 0.197 e. The van der Waals surface area contributed by atoms with Crippen LogP contribution in [0.4, 0.5) is 28.4 Å². The molecular weight excluding hydrogens is 677 g/mol. The predicted octanol–water partition coefficient (Wildman–Crippen LogP) is 12.2. The summed E-state index contributed by atoms with van der Waals surface area (Å²) in [6, 6.07) is 64.3. The Labute approximate surface area is 328 Å². The summed E-state index contributed by atoms with van der Waals surface area (Å²) in [4.78, 5) is 2.40. The van der Waals surface area contributed by atoms with Crippen molar-refractivity contribution in [3.63, 3.8) is 0 Å². The van der Waals surface area contributed by atoms with Crippen molar-refractivity contribution in [3.05, 3.63) is 193 Å². The van der Waals surface area contributed by atoms with Crippen molar-refractivity contribution < 1.29 is 0 Å². The van der Waals surface area contributed by atoms with Gasteiger partial charge in [-0.25, -0.2) is 0 Å². The lowest BCUT2D eigenvalue weighted by Gasteiger charge is -2.31. The molecule has 11 rings (SSSR count). The number of nitrogens with zero attached hydrogens (tertiary/aromatic N) is 2. The Kier molecular flexibility index (Phi) is 7.21. The third-order valence-electron chi connectivity index (χ3n) is 12.1. The van der Waals surface area contributed by atoms with Crippen LogP contribution in [-0.4, -0.2) is 11.8 Å². The van der Waals surface area contributed by atoms with Crippen LogP contribution in [-0.2, 0) is 5.41 Å². The zero-order valence-corrected chi connectivity index (χ0v) is 31.7. The van der Waals surface area contributed by atoms with Gasteiger partial charge >= 0.3 is 0 Å². The summed E-state index contributed by atoms with van der Waals surface area (Å²) in [5.74, 6) is 0. The smallest absolute Gasteiger partial charge is 0.197 e. The molecule has 56 heavy (non-hydrogen) atoms. The first-order chi connectivity index (χ1) is 27.5. The van der Waals surface area contributed by atoms with E-state index in [0.29, 0.717) is 0 Å². The number of aromatic nitrogens is 1. The van der Waals surface area contributed by atoms with E-state index in [1.807, 2.05) is 0 Å². The van der Waals surface area contributed by atoms with Crippen LogP contribution in [0.1, 0.15) is 30.5 Å². The fourth-order valence-electron chi connectivity index (χ4n) is 9.48. The van der Waals surface area contributed by atoms with Crippen molar-refractivity contribution >= 4 is 68.4 Å². The highest BCUT2D eigenvalue weighted by Gasteiger charge is 2.38. The summed E-state index contributed by atoms with van der Waals surface area (Å²) < 4.78 is 2.51. The number of para-hydroxylation sites is 5. The number of hydrogen-bond acceptors (Lipinski definition) is 2. The number of rotatable bonds is 6. The number of benzene rings is 8. The van der Waals surface area contributed by atoms with Gasteiger partial charge in [0.25, 0.3) is 0 Å². The zero-order chi connectivity index (χ0) is 37.5. The molecule has 0 amide bonds. The summed E-state index contributed by atoms with van der Waals surface area (Å²) in [6.45, 7) is 6.92. The highest BCUT2D eigenvalue weighted by atomic mass is 15.1. The Morgan fingerprint density at radius 1 is 0.554 bits per heavy atom. The molecule has 0 spiro atoms. The minimum atomic E-state index is -0.147. The van der Waals surface area contributed by atoms with Crippen LogP contribution in [0.3, 0.4) is 0 Å². The van der Waals surface area contributed by atoms with Gasteiger partial charge in [-0.05, 0) is 88.7 Å². The summed E-state index contributed by atoms with van der Waals surface area (Å²) >= 11 is 0. The molecule has 265 valence electrons. The molecule has 9 aromatic rings. The number of fused-ring (bicyclic) bond motifs is 8. The summed E-state index contributed by atoms with van der Waals surface area (Å²) in [5.41, 5.74) is 20.3. The standard InChI is InChI=1S/C52H39BN3/c1-33-17-10-14-27-45(33)54-50-38(29-30-43-48(50)40-23-11-13-25-42(40)52(43,2)3)41-31-36(55(34-18-6-4-7-19-34)35-20-8-5-9-21-35)32-47-49(41)53-44-26-16-24-39-37-22-12-15-28-46(37)56(47)51(39)44/h4-32,54H,1-3H3. The van der Waals surface area contributed by atoms with Crippen LogP contribution in [0.5, 0.6) is 0 Å². The Morgan fingerprint density at radius 2 is 1.23 bits per heavy atom. The topological polar surface area (TPSA) is 20.2 Å². The van der Waals surface area contributed by atoms with Gasteiger partial charge in [-0.3, -0.25) is 0 Å². The number of hydrogen-bond donors (Lipinski definition) is 1. The van der Waals surface area contributed by atoms with Crippen molar-refractivity contribution in [2.24, 2.45) is 0 Å². The van der Waals surface area contributed by atoms with E-state index in [9.17, 15) is 0 Å². The van der Waals surface area contributed by atoms with E-state index in [1.165, 1.54) is 77.4 Å². The van der Waals surface area contributed by atoms with Crippen molar-refractivity contribution in [2.75, 3.05) is 10.2 Å². The van der Waals surface area contributed by atoms with E-state index >= 15 is 0 Å².